The summed E-state index contributed by atoms with van der Waals surface area (Å²) in [5.74, 6) is 0. The molecule has 6 heteroatoms. The molecule has 20 heavy (non-hydrogen) atoms. The number of ether oxygens (including phenoxy) is 1. The molecule has 0 atom stereocenters. The number of rotatable bonds is 6. The Kier molecular flexibility index (Phi) is 4.80. The van der Waals surface area contributed by atoms with Crippen molar-refractivity contribution in [1.82, 2.24) is 10.0 Å². The maximum absolute atomic E-state index is 12.3. The van der Waals surface area contributed by atoms with Crippen molar-refractivity contribution in [2.24, 2.45) is 0 Å². The van der Waals surface area contributed by atoms with Crippen LogP contribution in [0.3, 0.4) is 0 Å². The van der Waals surface area contributed by atoms with Crippen LogP contribution in [0.1, 0.15) is 24.0 Å². The van der Waals surface area contributed by atoms with E-state index in [1.54, 1.807) is 19.2 Å². The van der Waals surface area contributed by atoms with E-state index in [1.165, 1.54) is 0 Å². The third kappa shape index (κ3) is 3.38. The van der Waals surface area contributed by atoms with Gasteiger partial charge in [-0.05, 0) is 50.1 Å². The number of benzene rings is 1. The smallest absolute Gasteiger partial charge is 0.240 e. The fourth-order valence-electron chi connectivity index (χ4n) is 2.34. The van der Waals surface area contributed by atoms with Crippen molar-refractivity contribution in [1.29, 1.82) is 0 Å². The summed E-state index contributed by atoms with van der Waals surface area (Å²) in [5.41, 5.74) is 2.08. The molecule has 1 aliphatic rings. The highest BCUT2D eigenvalue weighted by Gasteiger charge is 2.32. The highest BCUT2D eigenvalue weighted by Crippen LogP contribution is 2.25. The number of aryl methyl sites for hydroxylation is 1. The van der Waals surface area contributed by atoms with E-state index in [1.807, 2.05) is 20.0 Å². The summed E-state index contributed by atoms with van der Waals surface area (Å²) in [4.78, 5) is 0.328. The zero-order valence-corrected chi connectivity index (χ0v) is 13.0. The van der Waals surface area contributed by atoms with E-state index in [4.69, 9.17) is 4.74 Å². The van der Waals surface area contributed by atoms with Crippen LogP contribution in [0.4, 0.5) is 0 Å². The Bertz CT molecular complexity index is 566. The van der Waals surface area contributed by atoms with Crippen LogP contribution in [0.25, 0.3) is 0 Å². The van der Waals surface area contributed by atoms with Crippen LogP contribution in [0.2, 0.25) is 0 Å². The average molecular weight is 298 g/mol. The van der Waals surface area contributed by atoms with Gasteiger partial charge in [0.1, 0.15) is 0 Å². The quantitative estimate of drug-likeness (QED) is 0.827. The second-order valence-corrected chi connectivity index (χ2v) is 6.98. The third-order valence-electron chi connectivity index (χ3n) is 3.75. The minimum absolute atomic E-state index is 0.0148. The van der Waals surface area contributed by atoms with Gasteiger partial charge >= 0.3 is 0 Å². The van der Waals surface area contributed by atoms with Crippen molar-refractivity contribution >= 4 is 10.0 Å². The molecule has 0 amide bonds. The molecule has 0 unspecified atom stereocenters. The summed E-state index contributed by atoms with van der Waals surface area (Å²) in [7, 11) is 0.0546. The molecule has 2 N–H and O–H groups in total. The maximum Gasteiger partial charge on any atom is 0.240 e. The molecule has 1 aliphatic carbocycles. The fourth-order valence-corrected chi connectivity index (χ4v) is 3.65. The zero-order chi connectivity index (χ0) is 14.8. The Hall–Kier alpha value is -0.950. The summed E-state index contributed by atoms with van der Waals surface area (Å²) < 4.78 is 32.5. The van der Waals surface area contributed by atoms with E-state index in [0.717, 1.165) is 24.0 Å². The molecule has 1 aromatic carbocycles. The SMILES string of the molecule is CNCc1cc(S(=O)(=O)NC2CC(OC)C2)ccc1C. The molecular weight excluding hydrogens is 276 g/mol. The molecule has 0 saturated heterocycles. The summed E-state index contributed by atoms with van der Waals surface area (Å²) in [5, 5.41) is 3.05. The summed E-state index contributed by atoms with van der Waals surface area (Å²) in [6.07, 6.45) is 1.66. The minimum Gasteiger partial charge on any atom is -0.381 e. The van der Waals surface area contributed by atoms with Crippen molar-refractivity contribution in [2.45, 2.75) is 43.4 Å². The average Bonchev–Trinajstić information content (AvgIpc) is 2.36. The molecule has 0 radical (unpaired) electrons. The van der Waals surface area contributed by atoms with Gasteiger partial charge in [-0.3, -0.25) is 0 Å². The van der Waals surface area contributed by atoms with Gasteiger partial charge in [0.25, 0.3) is 0 Å². The van der Waals surface area contributed by atoms with Gasteiger partial charge in [-0.2, -0.15) is 0 Å². The Balaban J connectivity index is 2.11. The Morgan fingerprint density at radius 2 is 2.05 bits per heavy atom. The normalized spacial score (nSPS) is 22.6. The zero-order valence-electron chi connectivity index (χ0n) is 12.1. The first kappa shape index (κ1) is 15.4. The standard InChI is InChI=1S/C14H22N2O3S/c1-10-4-5-14(6-11(10)9-15-2)20(17,18)16-12-7-13(8-12)19-3/h4-6,12-13,15-16H,7-9H2,1-3H3. The molecule has 5 nitrogen and oxygen atoms in total. The maximum atomic E-state index is 12.3. The lowest BCUT2D eigenvalue weighted by Gasteiger charge is -2.34. The second kappa shape index (κ2) is 6.22. The number of hydrogen-bond acceptors (Lipinski definition) is 4. The highest BCUT2D eigenvalue weighted by molar-refractivity contribution is 7.89. The van der Waals surface area contributed by atoms with Gasteiger partial charge in [0.15, 0.2) is 0 Å². The Morgan fingerprint density at radius 3 is 2.65 bits per heavy atom. The van der Waals surface area contributed by atoms with Gasteiger partial charge in [0.05, 0.1) is 11.0 Å². The van der Waals surface area contributed by atoms with Crippen molar-refractivity contribution in [3.05, 3.63) is 29.3 Å². The van der Waals surface area contributed by atoms with Crippen molar-refractivity contribution in [3.63, 3.8) is 0 Å². The van der Waals surface area contributed by atoms with Crippen molar-refractivity contribution in [2.75, 3.05) is 14.2 Å². The van der Waals surface area contributed by atoms with Crippen LogP contribution in [0.15, 0.2) is 23.1 Å². The van der Waals surface area contributed by atoms with Gasteiger partial charge in [-0.25, -0.2) is 13.1 Å². The van der Waals surface area contributed by atoms with E-state index in [0.29, 0.717) is 11.4 Å². The summed E-state index contributed by atoms with van der Waals surface area (Å²) in [6, 6.07) is 5.23. The third-order valence-corrected chi connectivity index (χ3v) is 5.27. The van der Waals surface area contributed by atoms with Crippen LogP contribution in [-0.4, -0.2) is 34.7 Å². The molecule has 0 heterocycles. The summed E-state index contributed by atoms with van der Waals surface area (Å²) in [6.45, 7) is 2.63. The molecule has 1 aromatic rings. The molecule has 1 fully saturated rings. The molecule has 0 spiro atoms. The first-order chi connectivity index (χ1) is 9.46. The molecule has 0 aliphatic heterocycles. The number of sulfonamides is 1. The second-order valence-electron chi connectivity index (χ2n) is 5.27. The molecule has 112 valence electrons. The minimum atomic E-state index is -3.44. The van der Waals surface area contributed by atoms with E-state index in [9.17, 15) is 8.42 Å². The van der Waals surface area contributed by atoms with Crippen LogP contribution < -0.4 is 10.0 Å². The first-order valence-electron chi connectivity index (χ1n) is 6.75. The van der Waals surface area contributed by atoms with E-state index < -0.39 is 10.0 Å². The number of hydrogen-bond donors (Lipinski definition) is 2. The van der Waals surface area contributed by atoms with Crippen LogP contribution in [-0.2, 0) is 21.3 Å². The summed E-state index contributed by atoms with van der Waals surface area (Å²) >= 11 is 0. The highest BCUT2D eigenvalue weighted by atomic mass is 32.2. The van der Waals surface area contributed by atoms with Gasteiger partial charge in [-0.15, -0.1) is 0 Å². The Morgan fingerprint density at radius 1 is 1.35 bits per heavy atom. The topological polar surface area (TPSA) is 67.4 Å². The Labute approximate surface area is 120 Å². The molecular formula is C14H22N2O3S. The predicted octanol–water partition coefficient (Wildman–Crippen LogP) is 1.17. The largest absolute Gasteiger partial charge is 0.381 e. The van der Waals surface area contributed by atoms with Crippen molar-refractivity contribution in [3.8, 4) is 0 Å². The number of nitrogens with one attached hydrogen (secondary N) is 2. The van der Waals surface area contributed by atoms with Gasteiger partial charge in [0, 0.05) is 19.7 Å². The lowest BCUT2D eigenvalue weighted by Crippen LogP contribution is -2.47. The van der Waals surface area contributed by atoms with Crippen LogP contribution >= 0.6 is 0 Å². The van der Waals surface area contributed by atoms with Crippen molar-refractivity contribution < 1.29 is 13.2 Å². The lowest BCUT2D eigenvalue weighted by molar-refractivity contribution is 0.0236. The van der Waals surface area contributed by atoms with Crippen LogP contribution in [0.5, 0.6) is 0 Å². The van der Waals surface area contributed by atoms with E-state index in [2.05, 4.69) is 10.0 Å². The fraction of sp³-hybridized carbons (Fsp3) is 0.571. The van der Waals surface area contributed by atoms with Crippen LogP contribution in [0, 0.1) is 6.92 Å². The van der Waals surface area contributed by atoms with Gasteiger partial charge < -0.3 is 10.1 Å². The molecule has 0 bridgehead atoms. The molecule has 1 saturated carbocycles. The van der Waals surface area contributed by atoms with Gasteiger partial charge in [-0.1, -0.05) is 6.07 Å². The van der Waals surface area contributed by atoms with E-state index >= 15 is 0 Å². The lowest BCUT2D eigenvalue weighted by atomic mass is 9.90. The predicted molar refractivity (Wildman–Crippen MR) is 78.1 cm³/mol. The first-order valence-corrected chi connectivity index (χ1v) is 8.24. The van der Waals surface area contributed by atoms with Gasteiger partial charge in [0.2, 0.25) is 10.0 Å². The monoisotopic (exact) mass is 298 g/mol. The molecule has 0 aromatic heterocycles. The number of methoxy groups -OCH3 is 1. The van der Waals surface area contributed by atoms with E-state index in [-0.39, 0.29) is 12.1 Å². The molecule has 2 rings (SSSR count).